The van der Waals surface area contributed by atoms with E-state index in [0.29, 0.717) is 5.39 Å². The zero-order valence-electron chi connectivity index (χ0n) is 9.54. The van der Waals surface area contributed by atoms with Crippen LogP contribution in [0.1, 0.15) is 10.4 Å². The number of pyridine rings is 1. The molecule has 1 amide bonds. The van der Waals surface area contributed by atoms with Gasteiger partial charge in [0.05, 0.1) is 10.6 Å². The van der Waals surface area contributed by atoms with E-state index in [1.54, 1.807) is 6.07 Å². The van der Waals surface area contributed by atoms with E-state index in [9.17, 15) is 9.18 Å². The number of fused-ring (bicyclic) bond motifs is 1. The summed E-state index contributed by atoms with van der Waals surface area (Å²) < 4.78 is 18.2. The van der Waals surface area contributed by atoms with Crippen LogP contribution in [0.4, 0.5) is 4.39 Å². The van der Waals surface area contributed by atoms with Crippen LogP contribution in [-0.4, -0.2) is 24.7 Å². The van der Waals surface area contributed by atoms with Crippen LogP contribution < -0.4 is 5.32 Å². The molecule has 0 aliphatic carbocycles. The standard InChI is InChI=1S/C12H10ClFN2O2/c1-18-6-16-12(17)8-5-15-11-7(10(8)13)3-2-4-9(11)14/h2-5H,6H2,1H3,(H,16,17). The molecule has 0 radical (unpaired) electrons. The summed E-state index contributed by atoms with van der Waals surface area (Å²) in [4.78, 5) is 15.7. The highest BCUT2D eigenvalue weighted by Crippen LogP contribution is 2.26. The maximum absolute atomic E-state index is 13.5. The average molecular weight is 269 g/mol. The lowest BCUT2D eigenvalue weighted by molar-refractivity contribution is 0.0872. The molecule has 0 spiro atoms. The molecule has 1 heterocycles. The number of hydrogen-bond donors (Lipinski definition) is 1. The quantitative estimate of drug-likeness (QED) is 0.870. The van der Waals surface area contributed by atoms with Crippen molar-refractivity contribution in [3.8, 4) is 0 Å². The highest BCUT2D eigenvalue weighted by Gasteiger charge is 2.15. The van der Waals surface area contributed by atoms with Gasteiger partial charge in [0.25, 0.3) is 5.91 Å². The van der Waals surface area contributed by atoms with Gasteiger partial charge in [0, 0.05) is 18.7 Å². The van der Waals surface area contributed by atoms with Crippen LogP contribution in [0.5, 0.6) is 0 Å². The van der Waals surface area contributed by atoms with Gasteiger partial charge in [0.2, 0.25) is 0 Å². The van der Waals surface area contributed by atoms with Gasteiger partial charge in [-0.1, -0.05) is 23.7 Å². The molecule has 0 unspecified atom stereocenters. The van der Waals surface area contributed by atoms with Crippen molar-refractivity contribution in [2.45, 2.75) is 0 Å². The lowest BCUT2D eigenvalue weighted by Gasteiger charge is -2.07. The fourth-order valence-corrected chi connectivity index (χ4v) is 1.83. The number of rotatable bonds is 3. The van der Waals surface area contributed by atoms with Gasteiger partial charge in [-0.3, -0.25) is 9.78 Å². The van der Waals surface area contributed by atoms with Crippen LogP contribution in [0.3, 0.4) is 0 Å². The summed E-state index contributed by atoms with van der Waals surface area (Å²) in [6.45, 7) is 0.0658. The highest BCUT2D eigenvalue weighted by atomic mass is 35.5. The van der Waals surface area contributed by atoms with Crippen molar-refractivity contribution in [3.63, 3.8) is 0 Å². The van der Waals surface area contributed by atoms with Gasteiger partial charge in [-0.2, -0.15) is 0 Å². The van der Waals surface area contributed by atoms with Gasteiger partial charge in [-0.05, 0) is 6.07 Å². The minimum absolute atomic E-state index is 0.0658. The minimum Gasteiger partial charge on any atom is -0.364 e. The molecule has 0 atom stereocenters. The molecule has 0 saturated carbocycles. The third kappa shape index (κ3) is 2.27. The Morgan fingerprint density at radius 2 is 2.33 bits per heavy atom. The number of para-hydroxylation sites is 1. The maximum Gasteiger partial charge on any atom is 0.256 e. The molecule has 4 nitrogen and oxygen atoms in total. The number of nitrogens with zero attached hydrogens (tertiary/aromatic N) is 1. The van der Waals surface area contributed by atoms with Crippen LogP contribution in [-0.2, 0) is 4.74 Å². The van der Waals surface area contributed by atoms with E-state index in [4.69, 9.17) is 16.3 Å². The fraction of sp³-hybridized carbons (Fsp3) is 0.167. The Morgan fingerprint density at radius 1 is 1.56 bits per heavy atom. The van der Waals surface area contributed by atoms with Crippen LogP contribution in [0.25, 0.3) is 10.9 Å². The van der Waals surface area contributed by atoms with Crippen LogP contribution in [0, 0.1) is 5.82 Å². The number of amides is 1. The fourth-order valence-electron chi connectivity index (χ4n) is 1.55. The number of ether oxygens (including phenoxy) is 1. The molecule has 1 aromatic carbocycles. The van der Waals surface area contributed by atoms with E-state index >= 15 is 0 Å². The van der Waals surface area contributed by atoms with Crippen LogP contribution in [0.15, 0.2) is 24.4 Å². The molecular formula is C12H10ClFN2O2. The lowest BCUT2D eigenvalue weighted by Crippen LogP contribution is -2.25. The molecule has 1 N–H and O–H groups in total. The minimum atomic E-state index is -0.474. The Balaban J connectivity index is 2.48. The van der Waals surface area contributed by atoms with E-state index in [0.717, 1.165) is 0 Å². The van der Waals surface area contributed by atoms with Crippen molar-refractivity contribution >= 4 is 28.4 Å². The molecule has 2 aromatic rings. The highest BCUT2D eigenvalue weighted by molar-refractivity contribution is 6.38. The predicted molar refractivity (Wildman–Crippen MR) is 66.1 cm³/mol. The average Bonchev–Trinajstić information content (AvgIpc) is 2.37. The zero-order valence-corrected chi connectivity index (χ0v) is 10.3. The summed E-state index contributed by atoms with van der Waals surface area (Å²) in [7, 11) is 1.45. The molecule has 6 heteroatoms. The summed E-state index contributed by atoms with van der Waals surface area (Å²) >= 11 is 6.08. The number of methoxy groups -OCH3 is 1. The summed E-state index contributed by atoms with van der Waals surface area (Å²) in [6.07, 6.45) is 1.25. The van der Waals surface area contributed by atoms with Gasteiger partial charge in [-0.15, -0.1) is 0 Å². The number of aromatic nitrogens is 1. The van der Waals surface area contributed by atoms with Gasteiger partial charge in [0.1, 0.15) is 18.1 Å². The molecule has 2 rings (SSSR count). The smallest absolute Gasteiger partial charge is 0.256 e. The molecule has 0 fully saturated rings. The Kier molecular flexibility index (Phi) is 3.74. The van der Waals surface area contributed by atoms with E-state index in [1.807, 2.05) is 0 Å². The molecule has 0 saturated heterocycles. The molecule has 18 heavy (non-hydrogen) atoms. The number of halogens is 2. The molecule has 0 aliphatic rings. The third-order valence-electron chi connectivity index (χ3n) is 2.40. The number of carbonyl (C=O) groups excluding carboxylic acids is 1. The van der Waals surface area contributed by atoms with E-state index < -0.39 is 11.7 Å². The second-order valence-corrected chi connectivity index (χ2v) is 3.94. The summed E-state index contributed by atoms with van der Waals surface area (Å²) in [5, 5.41) is 3.07. The van der Waals surface area contributed by atoms with Crippen LogP contribution >= 0.6 is 11.6 Å². The first-order valence-electron chi connectivity index (χ1n) is 5.15. The Morgan fingerprint density at radius 3 is 3.06 bits per heavy atom. The monoisotopic (exact) mass is 268 g/mol. The molecule has 1 aromatic heterocycles. The van der Waals surface area contributed by atoms with E-state index in [2.05, 4.69) is 10.3 Å². The Bertz CT molecular complexity index is 604. The number of hydrogen-bond acceptors (Lipinski definition) is 3. The first-order chi connectivity index (χ1) is 8.65. The predicted octanol–water partition coefficient (Wildman–Crippen LogP) is 2.36. The Labute approximate surface area is 108 Å². The second-order valence-electron chi connectivity index (χ2n) is 3.56. The van der Waals surface area contributed by atoms with Crippen molar-refractivity contribution in [1.82, 2.24) is 10.3 Å². The van der Waals surface area contributed by atoms with Crippen molar-refractivity contribution in [3.05, 3.63) is 40.8 Å². The van der Waals surface area contributed by atoms with Gasteiger partial charge in [-0.25, -0.2) is 4.39 Å². The van der Waals surface area contributed by atoms with Crippen molar-refractivity contribution in [2.75, 3.05) is 13.8 Å². The largest absolute Gasteiger partial charge is 0.364 e. The zero-order chi connectivity index (χ0) is 13.1. The first-order valence-corrected chi connectivity index (χ1v) is 5.53. The van der Waals surface area contributed by atoms with Crippen molar-refractivity contribution < 1.29 is 13.9 Å². The third-order valence-corrected chi connectivity index (χ3v) is 2.81. The normalized spacial score (nSPS) is 10.6. The summed E-state index contributed by atoms with van der Waals surface area (Å²) in [6, 6.07) is 4.42. The van der Waals surface area contributed by atoms with Gasteiger partial charge < -0.3 is 10.1 Å². The van der Waals surface area contributed by atoms with Crippen molar-refractivity contribution in [2.24, 2.45) is 0 Å². The van der Waals surface area contributed by atoms with Crippen molar-refractivity contribution in [1.29, 1.82) is 0 Å². The number of carbonyl (C=O) groups is 1. The van der Waals surface area contributed by atoms with Gasteiger partial charge >= 0.3 is 0 Å². The number of benzene rings is 1. The molecular weight excluding hydrogens is 259 g/mol. The Hall–Kier alpha value is -1.72. The van der Waals surface area contributed by atoms with Crippen LogP contribution in [0.2, 0.25) is 5.02 Å². The maximum atomic E-state index is 13.5. The molecule has 94 valence electrons. The summed E-state index contributed by atoms with van der Waals surface area (Å²) in [5.41, 5.74) is 0.331. The summed E-state index contributed by atoms with van der Waals surface area (Å²) in [5.74, 6) is -0.890. The lowest BCUT2D eigenvalue weighted by atomic mass is 10.1. The number of nitrogens with one attached hydrogen (secondary N) is 1. The second kappa shape index (κ2) is 5.29. The van der Waals surface area contributed by atoms with E-state index in [-0.39, 0.29) is 22.8 Å². The SMILES string of the molecule is COCNC(=O)c1cnc2c(F)cccc2c1Cl. The molecule has 0 bridgehead atoms. The van der Waals surface area contributed by atoms with Gasteiger partial charge in [0.15, 0.2) is 0 Å². The topological polar surface area (TPSA) is 51.2 Å². The molecule has 0 aliphatic heterocycles. The first kappa shape index (κ1) is 12.7. The van der Waals surface area contributed by atoms with E-state index in [1.165, 1.54) is 25.4 Å².